The van der Waals surface area contributed by atoms with E-state index in [2.05, 4.69) is 10.6 Å². The van der Waals surface area contributed by atoms with Gasteiger partial charge in [-0.3, -0.25) is 9.59 Å². The molecule has 1 fully saturated rings. The molecule has 0 heterocycles. The number of quaternary nitrogens is 1. The predicted octanol–water partition coefficient (Wildman–Crippen LogP) is 3.35. The SMILES string of the molecule is Cc1ccc(NC(=O)C[NH+](CC(=O)Nc2ccc(C)cc2)CC2CCCCC2)cc1. The number of aryl methyl sites for hydroxylation is 2. The Hall–Kier alpha value is -2.66. The van der Waals surface area contributed by atoms with E-state index in [1.54, 1.807) is 0 Å². The molecule has 0 bridgehead atoms. The highest BCUT2D eigenvalue weighted by Crippen LogP contribution is 2.22. The van der Waals surface area contributed by atoms with Crippen LogP contribution in [0.25, 0.3) is 0 Å². The van der Waals surface area contributed by atoms with Crippen LogP contribution in [0.5, 0.6) is 0 Å². The van der Waals surface area contributed by atoms with Gasteiger partial charge in [-0.05, 0) is 51.0 Å². The van der Waals surface area contributed by atoms with Crippen molar-refractivity contribution < 1.29 is 14.5 Å². The van der Waals surface area contributed by atoms with Crippen LogP contribution in [0.3, 0.4) is 0 Å². The molecule has 2 aromatic rings. The quantitative estimate of drug-likeness (QED) is 0.627. The second-order valence-corrected chi connectivity index (χ2v) is 8.64. The van der Waals surface area contributed by atoms with Crippen LogP contribution in [0.4, 0.5) is 11.4 Å². The normalized spacial score (nSPS) is 14.5. The minimum atomic E-state index is -0.0483. The number of carbonyl (C=O) groups excluding carboxylic acids is 2. The monoisotopic (exact) mass is 408 g/mol. The highest BCUT2D eigenvalue weighted by Gasteiger charge is 2.24. The summed E-state index contributed by atoms with van der Waals surface area (Å²) in [7, 11) is 0. The Balaban J connectivity index is 1.59. The Bertz CT molecular complexity index is 763. The van der Waals surface area contributed by atoms with Gasteiger partial charge in [-0.25, -0.2) is 0 Å². The molecule has 1 aliphatic carbocycles. The lowest BCUT2D eigenvalue weighted by Gasteiger charge is -2.26. The van der Waals surface area contributed by atoms with Crippen molar-refractivity contribution in [2.75, 3.05) is 30.3 Å². The minimum absolute atomic E-state index is 0.0483. The highest BCUT2D eigenvalue weighted by atomic mass is 16.2. The van der Waals surface area contributed by atoms with Crippen molar-refractivity contribution >= 4 is 23.2 Å². The maximum absolute atomic E-state index is 12.7. The van der Waals surface area contributed by atoms with Crippen molar-refractivity contribution in [3.63, 3.8) is 0 Å². The highest BCUT2D eigenvalue weighted by molar-refractivity contribution is 5.93. The summed E-state index contributed by atoms with van der Waals surface area (Å²) in [5.74, 6) is 0.494. The molecule has 5 nitrogen and oxygen atoms in total. The summed E-state index contributed by atoms with van der Waals surface area (Å²) < 4.78 is 0. The molecule has 5 heteroatoms. The van der Waals surface area contributed by atoms with Crippen LogP contribution in [0, 0.1) is 19.8 Å². The molecule has 2 aromatic carbocycles. The van der Waals surface area contributed by atoms with Gasteiger partial charge in [0.05, 0.1) is 6.54 Å². The van der Waals surface area contributed by atoms with Crippen molar-refractivity contribution in [2.45, 2.75) is 46.0 Å². The molecule has 0 unspecified atom stereocenters. The van der Waals surface area contributed by atoms with Gasteiger partial charge >= 0.3 is 0 Å². The van der Waals surface area contributed by atoms with E-state index in [9.17, 15) is 9.59 Å². The maximum atomic E-state index is 12.7. The van der Waals surface area contributed by atoms with Crippen molar-refractivity contribution in [1.82, 2.24) is 0 Å². The van der Waals surface area contributed by atoms with E-state index < -0.39 is 0 Å². The van der Waals surface area contributed by atoms with E-state index in [1.807, 2.05) is 62.4 Å². The second kappa shape index (κ2) is 10.9. The topological polar surface area (TPSA) is 62.6 Å². The smallest absolute Gasteiger partial charge is 0.279 e. The number of benzene rings is 2. The van der Waals surface area contributed by atoms with E-state index in [0.29, 0.717) is 19.0 Å². The van der Waals surface area contributed by atoms with Gasteiger partial charge in [0, 0.05) is 17.3 Å². The van der Waals surface area contributed by atoms with Crippen LogP contribution in [-0.4, -0.2) is 31.4 Å². The number of carbonyl (C=O) groups is 2. The van der Waals surface area contributed by atoms with Crippen LogP contribution >= 0.6 is 0 Å². The summed E-state index contributed by atoms with van der Waals surface area (Å²) >= 11 is 0. The summed E-state index contributed by atoms with van der Waals surface area (Å²) in [4.78, 5) is 26.4. The van der Waals surface area contributed by atoms with Crippen LogP contribution in [0.2, 0.25) is 0 Å². The lowest BCUT2D eigenvalue weighted by molar-refractivity contribution is -0.887. The van der Waals surface area contributed by atoms with E-state index >= 15 is 0 Å². The molecule has 1 aliphatic rings. The Kier molecular flexibility index (Phi) is 8.03. The average molecular weight is 409 g/mol. The standard InChI is InChI=1S/C25H33N3O2/c1-19-8-12-22(13-9-19)26-24(29)17-28(16-21-6-4-3-5-7-21)18-25(30)27-23-14-10-20(2)11-15-23/h8-15,21H,3-7,16-18H2,1-2H3,(H,26,29)(H,27,30)/p+1. The van der Waals surface area contributed by atoms with E-state index in [0.717, 1.165) is 33.9 Å². The van der Waals surface area contributed by atoms with Crippen LogP contribution in [0.15, 0.2) is 48.5 Å². The molecule has 3 N–H and O–H groups in total. The molecule has 0 saturated heterocycles. The molecule has 0 spiro atoms. The van der Waals surface area contributed by atoms with Crippen molar-refractivity contribution in [3.05, 3.63) is 59.7 Å². The fourth-order valence-corrected chi connectivity index (χ4v) is 4.14. The third kappa shape index (κ3) is 7.30. The summed E-state index contributed by atoms with van der Waals surface area (Å²) in [6.45, 7) is 5.50. The van der Waals surface area contributed by atoms with Crippen LogP contribution in [-0.2, 0) is 9.59 Å². The molecular weight excluding hydrogens is 374 g/mol. The summed E-state index contributed by atoms with van der Waals surface area (Å²) in [5.41, 5.74) is 3.91. The van der Waals surface area contributed by atoms with Gasteiger partial charge in [0.1, 0.15) is 0 Å². The number of nitrogens with one attached hydrogen (secondary N) is 3. The Morgan fingerprint density at radius 1 is 0.767 bits per heavy atom. The van der Waals surface area contributed by atoms with Gasteiger partial charge < -0.3 is 15.5 Å². The number of hydrogen-bond acceptors (Lipinski definition) is 2. The van der Waals surface area contributed by atoms with Crippen LogP contribution in [0.1, 0.15) is 43.2 Å². The van der Waals surface area contributed by atoms with Gasteiger partial charge in [0.2, 0.25) is 0 Å². The van der Waals surface area contributed by atoms with E-state index in [-0.39, 0.29) is 11.8 Å². The average Bonchev–Trinajstić information content (AvgIpc) is 2.72. The summed E-state index contributed by atoms with van der Waals surface area (Å²) in [6.07, 6.45) is 6.20. The molecule has 0 aromatic heterocycles. The first-order valence-corrected chi connectivity index (χ1v) is 11.0. The number of amides is 2. The van der Waals surface area contributed by atoms with Crippen molar-refractivity contribution in [2.24, 2.45) is 5.92 Å². The molecule has 0 radical (unpaired) electrons. The number of anilines is 2. The third-order valence-corrected chi connectivity index (χ3v) is 5.79. The van der Waals surface area contributed by atoms with Crippen molar-refractivity contribution in [1.29, 1.82) is 0 Å². The maximum Gasteiger partial charge on any atom is 0.279 e. The summed E-state index contributed by atoms with van der Waals surface area (Å²) in [5, 5.41) is 5.95. The molecule has 30 heavy (non-hydrogen) atoms. The molecule has 160 valence electrons. The molecule has 0 atom stereocenters. The van der Waals surface area contributed by atoms with E-state index in [4.69, 9.17) is 0 Å². The fourth-order valence-electron chi connectivity index (χ4n) is 4.14. The second-order valence-electron chi connectivity index (χ2n) is 8.64. The zero-order valence-electron chi connectivity index (χ0n) is 18.2. The zero-order chi connectivity index (χ0) is 21.3. The van der Waals surface area contributed by atoms with Gasteiger partial charge in [-0.2, -0.15) is 0 Å². The van der Waals surface area contributed by atoms with Crippen LogP contribution < -0.4 is 15.5 Å². The number of hydrogen-bond donors (Lipinski definition) is 3. The van der Waals surface area contributed by atoms with Crippen molar-refractivity contribution in [3.8, 4) is 0 Å². The first kappa shape index (κ1) is 22.0. The first-order valence-electron chi connectivity index (χ1n) is 11.0. The summed E-state index contributed by atoms with van der Waals surface area (Å²) in [6, 6.07) is 15.6. The Morgan fingerprint density at radius 2 is 1.20 bits per heavy atom. The van der Waals surface area contributed by atoms with Gasteiger partial charge in [-0.15, -0.1) is 0 Å². The molecule has 3 rings (SSSR count). The fraction of sp³-hybridized carbons (Fsp3) is 0.440. The van der Waals surface area contributed by atoms with Gasteiger partial charge in [-0.1, -0.05) is 54.7 Å². The number of rotatable bonds is 8. The lowest BCUT2D eigenvalue weighted by Crippen LogP contribution is -3.14. The molecular formula is C25H34N3O2+. The minimum Gasteiger partial charge on any atom is -0.321 e. The first-order chi connectivity index (χ1) is 14.5. The zero-order valence-corrected chi connectivity index (χ0v) is 18.2. The largest absolute Gasteiger partial charge is 0.321 e. The predicted molar refractivity (Wildman–Crippen MR) is 122 cm³/mol. The van der Waals surface area contributed by atoms with Gasteiger partial charge in [0.25, 0.3) is 11.8 Å². The third-order valence-electron chi connectivity index (χ3n) is 5.79. The lowest BCUT2D eigenvalue weighted by atomic mass is 9.89. The molecule has 0 aliphatic heterocycles. The van der Waals surface area contributed by atoms with Gasteiger partial charge in [0.15, 0.2) is 13.1 Å². The Labute approximate surface area is 179 Å². The molecule has 1 saturated carbocycles. The molecule has 2 amide bonds. The van der Waals surface area contributed by atoms with E-state index in [1.165, 1.54) is 32.1 Å². The Morgan fingerprint density at radius 3 is 1.63 bits per heavy atom.